The zero-order chi connectivity index (χ0) is 15.6. The summed E-state index contributed by atoms with van der Waals surface area (Å²) in [5, 5.41) is 0. The molecule has 2 aromatic heterocycles. The third-order valence-electron chi connectivity index (χ3n) is 4.34. The second-order valence-electron chi connectivity index (χ2n) is 5.94. The van der Waals surface area contributed by atoms with E-state index in [1.165, 1.54) is 18.0 Å². The molecule has 0 amide bonds. The van der Waals surface area contributed by atoms with Crippen LogP contribution in [0.3, 0.4) is 0 Å². The Kier molecular flexibility index (Phi) is 3.71. The number of nitrogens with zero attached hydrogens (tertiary/aromatic N) is 4. The molecule has 1 fully saturated rings. The van der Waals surface area contributed by atoms with Gasteiger partial charge in [0, 0.05) is 50.8 Å². The van der Waals surface area contributed by atoms with Gasteiger partial charge in [0.15, 0.2) is 0 Å². The van der Waals surface area contributed by atoms with Crippen molar-refractivity contribution in [3.05, 3.63) is 66.4 Å². The molecule has 0 unspecified atom stereocenters. The molecule has 0 bridgehead atoms. The number of fused-ring (bicyclic) bond motifs is 1. The highest BCUT2D eigenvalue weighted by Gasteiger charge is 2.18. The van der Waals surface area contributed by atoms with Crippen LogP contribution >= 0.6 is 0 Å². The van der Waals surface area contributed by atoms with Gasteiger partial charge in [-0.2, -0.15) is 0 Å². The molecule has 0 spiro atoms. The molecule has 0 N–H and O–H groups in total. The van der Waals surface area contributed by atoms with Gasteiger partial charge in [0.25, 0.3) is 0 Å². The number of para-hydroxylation sites is 1. The van der Waals surface area contributed by atoms with Crippen LogP contribution in [0.2, 0.25) is 0 Å². The van der Waals surface area contributed by atoms with Crippen molar-refractivity contribution < 1.29 is 4.39 Å². The first kappa shape index (κ1) is 14.2. The fourth-order valence-electron chi connectivity index (χ4n) is 3.13. The van der Waals surface area contributed by atoms with Crippen molar-refractivity contribution >= 4 is 11.3 Å². The molecule has 5 heteroatoms. The topological polar surface area (TPSA) is 23.8 Å². The van der Waals surface area contributed by atoms with Crippen molar-refractivity contribution in [1.82, 2.24) is 14.3 Å². The molecule has 1 aliphatic rings. The standard InChI is InChI=1S/C18H19FN4/c19-15-6-7-18-20-16(14-23(18)12-15)13-21-8-10-22(11-9-21)17-4-2-1-3-5-17/h1-7,12,14H,8-11,13H2. The lowest BCUT2D eigenvalue weighted by Crippen LogP contribution is -2.46. The molecule has 118 valence electrons. The largest absolute Gasteiger partial charge is 0.369 e. The maximum absolute atomic E-state index is 13.2. The van der Waals surface area contributed by atoms with Gasteiger partial charge in [-0.25, -0.2) is 9.37 Å². The van der Waals surface area contributed by atoms with Gasteiger partial charge < -0.3 is 9.30 Å². The lowest BCUT2D eigenvalue weighted by molar-refractivity contribution is 0.247. The number of anilines is 1. The van der Waals surface area contributed by atoms with Crippen LogP contribution in [-0.4, -0.2) is 40.5 Å². The highest BCUT2D eigenvalue weighted by atomic mass is 19.1. The summed E-state index contributed by atoms with van der Waals surface area (Å²) in [5.41, 5.74) is 3.07. The minimum absolute atomic E-state index is 0.238. The van der Waals surface area contributed by atoms with Crippen molar-refractivity contribution in [1.29, 1.82) is 0 Å². The number of halogens is 1. The maximum atomic E-state index is 13.2. The Bertz CT molecular complexity index is 791. The number of rotatable bonds is 3. The Morgan fingerprint density at radius 2 is 1.70 bits per heavy atom. The highest BCUT2D eigenvalue weighted by Crippen LogP contribution is 2.17. The molecular formula is C18H19FN4. The van der Waals surface area contributed by atoms with Crippen LogP contribution in [0.25, 0.3) is 5.65 Å². The number of pyridine rings is 1. The molecule has 1 aliphatic heterocycles. The summed E-state index contributed by atoms with van der Waals surface area (Å²) >= 11 is 0. The van der Waals surface area contributed by atoms with Gasteiger partial charge in [0.1, 0.15) is 11.5 Å². The van der Waals surface area contributed by atoms with Gasteiger partial charge in [-0.15, -0.1) is 0 Å². The first-order chi connectivity index (χ1) is 11.3. The number of hydrogen-bond donors (Lipinski definition) is 0. The molecule has 23 heavy (non-hydrogen) atoms. The Morgan fingerprint density at radius 1 is 0.913 bits per heavy atom. The highest BCUT2D eigenvalue weighted by molar-refractivity contribution is 5.46. The summed E-state index contributed by atoms with van der Waals surface area (Å²) in [6.45, 7) is 4.87. The third kappa shape index (κ3) is 3.05. The van der Waals surface area contributed by atoms with E-state index in [0.717, 1.165) is 44.1 Å². The smallest absolute Gasteiger partial charge is 0.139 e. The van der Waals surface area contributed by atoms with Gasteiger partial charge in [0.05, 0.1) is 5.69 Å². The van der Waals surface area contributed by atoms with Crippen LogP contribution in [0, 0.1) is 5.82 Å². The minimum Gasteiger partial charge on any atom is -0.369 e. The van der Waals surface area contributed by atoms with E-state index >= 15 is 0 Å². The number of benzene rings is 1. The molecule has 0 radical (unpaired) electrons. The van der Waals surface area contributed by atoms with Crippen molar-refractivity contribution in [3.8, 4) is 0 Å². The average molecular weight is 310 g/mol. The molecule has 3 heterocycles. The molecule has 0 atom stereocenters. The summed E-state index contributed by atoms with van der Waals surface area (Å²) in [4.78, 5) is 9.38. The Balaban J connectivity index is 1.40. The zero-order valence-corrected chi connectivity index (χ0v) is 12.9. The van der Waals surface area contributed by atoms with Gasteiger partial charge in [-0.3, -0.25) is 4.90 Å². The van der Waals surface area contributed by atoms with Gasteiger partial charge >= 0.3 is 0 Å². The lowest BCUT2D eigenvalue weighted by Gasteiger charge is -2.35. The summed E-state index contributed by atoms with van der Waals surface area (Å²) in [6, 6.07) is 13.7. The predicted molar refractivity (Wildman–Crippen MR) is 89.1 cm³/mol. The SMILES string of the molecule is Fc1ccc2nc(CN3CCN(c4ccccc4)CC3)cn2c1. The van der Waals surface area contributed by atoms with Crippen LogP contribution in [0.5, 0.6) is 0 Å². The van der Waals surface area contributed by atoms with Crippen LogP contribution in [-0.2, 0) is 6.54 Å². The molecular weight excluding hydrogens is 291 g/mol. The van der Waals surface area contributed by atoms with Gasteiger partial charge in [0.2, 0.25) is 0 Å². The molecule has 0 saturated carbocycles. The lowest BCUT2D eigenvalue weighted by atomic mass is 10.2. The van der Waals surface area contributed by atoms with E-state index in [1.54, 1.807) is 10.5 Å². The summed E-state index contributed by atoms with van der Waals surface area (Å²) in [6.07, 6.45) is 3.39. The molecule has 0 aliphatic carbocycles. The van der Waals surface area contributed by atoms with Crippen molar-refractivity contribution in [2.75, 3.05) is 31.1 Å². The van der Waals surface area contributed by atoms with E-state index in [1.807, 2.05) is 12.3 Å². The maximum Gasteiger partial charge on any atom is 0.139 e. The number of piperazine rings is 1. The van der Waals surface area contributed by atoms with Crippen LogP contribution < -0.4 is 4.90 Å². The number of imidazole rings is 1. The Morgan fingerprint density at radius 3 is 2.48 bits per heavy atom. The summed E-state index contributed by atoms with van der Waals surface area (Å²) < 4.78 is 15.0. The third-order valence-corrected chi connectivity index (χ3v) is 4.34. The van der Waals surface area contributed by atoms with E-state index < -0.39 is 0 Å². The van der Waals surface area contributed by atoms with Crippen LogP contribution in [0.1, 0.15) is 5.69 Å². The quantitative estimate of drug-likeness (QED) is 0.743. The second-order valence-corrected chi connectivity index (χ2v) is 5.94. The van der Waals surface area contributed by atoms with E-state index in [9.17, 15) is 4.39 Å². The molecule has 1 aromatic carbocycles. The Labute approximate surface area is 134 Å². The van der Waals surface area contributed by atoms with E-state index in [-0.39, 0.29) is 5.82 Å². The average Bonchev–Trinajstić information content (AvgIpc) is 2.97. The first-order valence-electron chi connectivity index (χ1n) is 7.93. The number of aromatic nitrogens is 2. The predicted octanol–water partition coefficient (Wildman–Crippen LogP) is 2.80. The fourth-order valence-corrected chi connectivity index (χ4v) is 3.13. The van der Waals surface area contributed by atoms with Gasteiger partial charge in [-0.1, -0.05) is 18.2 Å². The molecule has 4 nitrogen and oxygen atoms in total. The monoisotopic (exact) mass is 310 g/mol. The summed E-state index contributed by atoms with van der Waals surface area (Å²) in [7, 11) is 0. The zero-order valence-electron chi connectivity index (χ0n) is 12.9. The fraction of sp³-hybridized carbons (Fsp3) is 0.278. The van der Waals surface area contributed by atoms with Crippen LogP contribution in [0.4, 0.5) is 10.1 Å². The van der Waals surface area contributed by atoms with E-state index in [4.69, 9.17) is 0 Å². The van der Waals surface area contributed by atoms with E-state index in [0.29, 0.717) is 0 Å². The van der Waals surface area contributed by atoms with Crippen LogP contribution in [0.15, 0.2) is 54.9 Å². The molecule has 3 aromatic rings. The molecule has 4 rings (SSSR count). The Hall–Kier alpha value is -2.40. The van der Waals surface area contributed by atoms with E-state index in [2.05, 4.69) is 39.0 Å². The second kappa shape index (κ2) is 6.01. The van der Waals surface area contributed by atoms with Gasteiger partial charge in [-0.05, 0) is 24.3 Å². The first-order valence-corrected chi connectivity index (χ1v) is 7.93. The molecule has 1 saturated heterocycles. The normalized spacial score (nSPS) is 16.1. The summed E-state index contributed by atoms with van der Waals surface area (Å²) in [5.74, 6) is -0.238. The van der Waals surface area contributed by atoms with Crippen molar-refractivity contribution in [2.24, 2.45) is 0 Å². The minimum atomic E-state index is -0.238. The van der Waals surface area contributed by atoms with Crippen molar-refractivity contribution in [3.63, 3.8) is 0 Å². The number of hydrogen-bond acceptors (Lipinski definition) is 3. The van der Waals surface area contributed by atoms with Crippen molar-refractivity contribution in [2.45, 2.75) is 6.54 Å².